The molecule has 0 aromatic carbocycles. The molecule has 1 atom stereocenters. The number of aliphatic carboxylic acids is 1. The number of hydrogen-bond donors (Lipinski definition) is 3. The summed E-state index contributed by atoms with van der Waals surface area (Å²) in [6, 6.07) is -0.771. The third kappa shape index (κ3) is 12.1. The molecule has 0 aliphatic carbocycles. The predicted molar refractivity (Wildman–Crippen MR) is 82.6 cm³/mol. The van der Waals surface area contributed by atoms with E-state index in [1.807, 2.05) is 6.92 Å². The quantitative estimate of drug-likeness (QED) is 0.356. The Hall–Kier alpha value is -2.12. The fourth-order valence-electron chi connectivity index (χ4n) is 1.62. The Morgan fingerprint density at radius 3 is 2.30 bits per heavy atom. The van der Waals surface area contributed by atoms with Gasteiger partial charge in [0, 0.05) is 12.8 Å². The summed E-state index contributed by atoms with van der Waals surface area (Å²) < 4.78 is 4.97. The topological polar surface area (TPSA) is 122 Å². The number of carbonyl (C=O) groups excluding carboxylic acids is 3. The average Bonchev–Trinajstić information content (AvgIpc) is 2.49. The highest BCUT2D eigenvalue weighted by molar-refractivity contribution is 5.88. The number of hydrogen-bond acceptors (Lipinski definition) is 5. The van der Waals surface area contributed by atoms with Gasteiger partial charge in [-0.3, -0.25) is 14.4 Å². The summed E-state index contributed by atoms with van der Waals surface area (Å²) in [6.07, 6.45) is 2.72. The number of carboxylic acid groups (broad SMARTS) is 1. The zero-order valence-corrected chi connectivity index (χ0v) is 13.7. The number of carbonyl (C=O) groups is 4. The summed E-state index contributed by atoms with van der Waals surface area (Å²) in [5.74, 6) is -2.22. The number of esters is 1. The van der Waals surface area contributed by atoms with Gasteiger partial charge in [-0.15, -0.1) is 0 Å². The number of carboxylic acids is 1. The molecule has 0 rings (SSSR count). The fourth-order valence-corrected chi connectivity index (χ4v) is 1.62. The third-order valence-electron chi connectivity index (χ3n) is 2.96. The molecule has 0 saturated carbocycles. The first kappa shape index (κ1) is 20.9. The lowest BCUT2D eigenvalue weighted by Crippen LogP contribution is -2.44. The standard InChI is InChI=1S/C15H26N2O6/c1-3-4-9-23-15(22)11(2)17-13(19)10-16-12(18)7-5-6-8-14(20)21/h11H,3-10H2,1-2H3,(H,16,18)(H,17,19)(H,20,21). The lowest BCUT2D eigenvalue weighted by atomic mass is 10.2. The molecule has 0 aromatic rings. The van der Waals surface area contributed by atoms with E-state index in [0.717, 1.165) is 12.8 Å². The van der Waals surface area contributed by atoms with Crippen molar-refractivity contribution in [3.8, 4) is 0 Å². The van der Waals surface area contributed by atoms with Crippen molar-refractivity contribution in [2.45, 2.75) is 58.4 Å². The summed E-state index contributed by atoms with van der Waals surface area (Å²) in [5.41, 5.74) is 0. The highest BCUT2D eigenvalue weighted by atomic mass is 16.5. The molecule has 0 aliphatic rings. The fraction of sp³-hybridized carbons (Fsp3) is 0.733. The van der Waals surface area contributed by atoms with Crippen molar-refractivity contribution in [2.24, 2.45) is 0 Å². The van der Waals surface area contributed by atoms with Crippen LogP contribution in [0.2, 0.25) is 0 Å². The Balaban J connectivity index is 3.81. The maximum absolute atomic E-state index is 11.6. The van der Waals surface area contributed by atoms with Crippen molar-refractivity contribution in [1.29, 1.82) is 0 Å². The molecule has 132 valence electrons. The largest absolute Gasteiger partial charge is 0.481 e. The van der Waals surface area contributed by atoms with Gasteiger partial charge in [0.25, 0.3) is 0 Å². The van der Waals surface area contributed by atoms with E-state index in [-0.39, 0.29) is 25.3 Å². The maximum atomic E-state index is 11.6. The van der Waals surface area contributed by atoms with Crippen LogP contribution in [-0.4, -0.2) is 48.1 Å². The molecule has 0 fully saturated rings. The summed E-state index contributed by atoms with van der Waals surface area (Å²) in [7, 11) is 0. The zero-order valence-electron chi connectivity index (χ0n) is 13.7. The van der Waals surface area contributed by atoms with E-state index in [0.29, 0.717) is 19.4 Å². The highest BCUT2D eigenvalue weighted by Crippen LogP contribution is 1.99. The van der Waals surface area contributed by atoms with Gasteiger partial charge in [-0.1, -0.05) is 13.3 Å². The van der Waals surface area contributed by atoms with Crippen LogP contribution in [0.15, 0.2) is 0 Å². The molecule has 2 amide bonds. The number of nitrogens with one attached hydrogen (secondary N) is 2. The van der Waals surface area contributed by atoms with Gasteiger partial charge >= 0.3 is 11.9 Å². The van der Waals surface area contributed by atoms with Gasteiger partial charge in [0.2, 0.25) is 11.8 Å². The predicted octanol–water partition coefficient (Wildman–Crippen LogP) is 0.596. The Morgan fingerprint density at radius 2 is 1.70 bits per heavy atom. The summed E-state index contributed by atoms with van der Waals surface area (Å²) >= 11 is 0. The molecule has 0 bridgehead atoms. The lowest BCUT2D eigenvalue weighted by molar-refractivity contribution is -0.147. The van der Waals surface area contributed by atoms with Crippen LogP contribution < -0.4 is 10.6 Å². The van der Waals surface area contributed by atoms with E-state index >= 15 is 0 Å². The van der Waals surface area contributed by atoms with Crippen molar-refractivity contribution < 1.29 is 29.0 Å². The Bertz CT molecular complexity index is 411. The molecule has 0 saturated heterocycles. The van der Waals surface area contributed by atoms with Crippen LogP contribution in [0.3, 0.4) is 0 Å². The van der Waals surface area contributed by atoms with Crippen LogP contribution in [-0.2, 0) is 23.9 Å². The number of amides is 2. The van der Waals surface area contributed by atoms with Gasteiger partial charge in [-0.05, 0) is 26.2 Å². The molecule has 3 N–H and O–H groups in total. The van der Waals surface area contributed by atoms with E-state index in [9.17, 15) is 19.2 Å². The van der Waals surface area contributed by atoms with Gasteiger partial charge in [0.15, 0.2) is 0 Å². The normalized spacial score (nSPS) is 11.4. The monoisotopic (exact) mass is 330 g/mol. The van der Waals surface area contributed by atoms with Crippen molar-refractivity contribution in [2.75, 3.05) is 13.2 Å². The number of unbranched alkanes of at least 4 members (excludes halogenated alkanes) is 2. The van der Waals surface area contributed by atoms with Crippen LogP contribution in [0.1, 0.15) is 52.4 Å². The molecule has 8 heteroatoms. The molecule has 0 heterocycles. The van der Waals surface area contributed by atoms with E-state index < -0.39 is 23.9 Å². The molecule has 0 radical (unpaired) electrons. The molecule has 0 spiro atoms. The minimum Gasteiger partial charge on any atom is -0.481 e. The van der Waals surface area contributed by atoms with Crippen molar-refractivity contribution in [3.05, 3.63) is 0 Å². The average molecular weight is 330 g/mol. The first-order valence-corrected chi connectivity index (χ1v) is 7.81. The van der Waals surface area contributed by atoms with E-state index in [1.165, 1.54) is 6.92 Å². The first-order valence-electron chi connectivity index (χ1n) is 7.81. The van der Waals surface area contributed by atoms with Crippen LogP contribution >= 0.6 is 0 Å². The van der Waals surface area contributed by atoms with Crippen LogP contribution in [0.5, 0.6) is 0 Å². The SMILES string of the molecule is CCCCOC(=O)C(C)NC(=O)CNC(=O)CCCCC(=O)O. The smallest absolute Gasteiger partial charge is 0.328 e. The first-order chi connectivity index (χ1) is 10.9. The van der Waals surface area contributed by atoms with Crippen LogP contribution in [0, 0.1) is 0 Å². The number of ether oxygens (including phenoxy) is 1. The van der Waals surface area contributed by atoms with Crippen molar-refractivity contribution in [1.82, 2.24) is 10.6 Å². The molecular weight excluding hydrogens is 304 g/mol. The maximum Gasteiger partial charge on any atom is 0.328 e. The van der Waals surface area contributed by atoms with Crippen molar-refractivity contribution in [3.63, 3.8) is 0 Å². The molecule has 0 aromatic heterocycles. The third-order valence-corrected chi connectivity index (χ3v) is 2.96. The Kier molecular flexibility index (Phi) is 11.3. The van der Waals surface area contributed by atoms with E-state index in [2.05, 4.69) is 10.6 Å². The summed E-state index contributed by atoms with van der Waals surface area (Å²) in [6.45, 7) is 3.58. The van der Waals surface area contributed by atoms with Crippen LogP contribution in [0.25, 0.3) is 0 Å². The molecule has 8 nitrogen and oxygen atoms in total. The van der Waals surface area contributed by atoms with Gasteiger partial charge in [0.1, 0.15) is 6.04 Å². The lowest BCUT2D eigenvalue weighted by Gasteiger charge is -2.13. The minimum atomic E-state index is -0.899. The summed E-state index contributed by atoms with van der Waals surface area (Å²) in [4.78, 5) is 44.9. The second-order valence-corrected chi connectivity index (χ2v) is 5.19. The molecular formula is C15H26N2O6. The van der Waals surface area contributed by atoms with Gasteiger partial charge < -0.3 is 20.5 Å². The Morgan fingerprint density at radius 1 is 1.04 bits per heavy atom. The van der Waals surface area contributed by atoms with Crippen molar-refractivity contribution >= 4 is 23.8 Å². The molecule has 23 heavy (non-hydrogen) atoms. The van der Waals surface area contributed by atoms with Gasteiger partial charge in [-0.25, -0.2) is 4.79 Å². The number of rotatable bonds is 12. The molecule has 1 unspecified atom stereocenters. The highest BCUT2D eigenvalue weighted by Gasteiger charge is 2.17. The van der Waals surface area contributed by atoms with E-state index in [4.69, 9.17) is 9.84 Å². The summed E-state index contributed by atoms with van der Waals surface area (Å²) in [5, 5.41) is 13.3. The zero-order chi connectivity index (χ0) is 17.7. The second-order valence-electron chi connectivity index (χ2n) is 5.19. The Labute approximate surface area is 136 Å². The van der Waals surface area contributed by atoms with Gasteiger partial charge in [-0.2, -0.15) is 0 Å². The van der Waals surface area contributed by atoms with Gasteiger partial charge in [0.05, 0.1) is 13.2 Å². The molecule has 0 aliphatic heterocycles. The second kappa shape index (κ2) is 12.4. The van der Waals surface area contributed by atoms with Crippen LogP contribution in [0.4, 0.5) is 0 Å². The minimum absolute atomic E-state index is 0.0193. The van der Waals surface area contributed by atoms with E-state index in [1.54, 1.807) is 0 Å².